The third kappa shape index (κ3) is 3.07. The molecule has 7 heteroatoms. The molecule has 110 valence electrons. The van der Waals surface area contributed by atoms with E-state index in [1.807, 2.05) is 13.8 Å². The number of nitrogens with zero attached hydrogens (tertiary/aromatic N) is 3. The number of amides is 1. The first-order valence-electron chi connectivity index (χ1n) is 6.45. The molecule has 0 spiro atoms. The molecule has 0 atom stereocenters. The zero-order chi connectivity index (χ0) is 15.6. The van der Waals surface area contributed by atoms with E-state index in [1.54, 1.807) is 18.3 Å². The van der Waals surface area contributed by atoms with Gasteiger partial charge in [0, 0.05) is 18.9 Å². The lowest BCUT2D eigenvalue weighted by Crippen LogP contribution is -2.18. The Hall–Kier alpha value is -2.70. The van der Waals surface area contributed by atoms with Crippen LogP contribution in [0.1, 0.15) is 46.3 Å². The molecule has 0 aliphatic heterocycles. The largest absolute Gasteiger partial charge is 0.478 e. The number of hydrogen-bond acceptors (Lipinski definition) is 4. The Morgan fingerprint density at radius 3 is 2.62 bits per heavy atom. The first kappa shape index (κ1) is 14.7. The average molecular weight is 288 g/mol. The maximum Gasteiger partial charge on any atom is 0.335 e. The Morgan fingerprint density at radius 1 is 1.33 bits per heavy atom. The van der Waals surface area contributed by atoms with E-state index in [0.29, 0.717) is 11.5 Å². The Bertz CT molecular complexity index is 691. The normalized spacial score (nSPS) is 10.7. The van der Waals surface area contributed by atoms with Gasteiger partial charge in [-0.05, 0) is 24.1 Å². The van der Waals surface area contributed by atoms with Crippen LogP contribution in [0.3, 0.4) is 0 Å². The molecule has 1 amide bonds. The third-order valence-electron chi connectivity index (χ3n) is 2.95. The molecule has 7 nitrogen and oxygen atoms in total. The average Bonchev–Trinajstić information content (AvgIpc) is 2.95. The number of hydrogen-bond donors (Lipinski definition) is 2. The lowest BCUT2D eigenvalue weighted by molar-refractivity contribution is 0.0696. The zero-order valence-electron chi connectivity index (χ0n) is 12.0. The van der Waals surface area contributed by atoms with Gasteiger partial charge in [-0.3, -0.25) is 4.79 Å². The molecule has 2 rings (SSSR count). The van der Waals surface area contributed by atoms with Gasteiger partial charge >= 0.3 is 5.97 Å². The van der Waals surface area contributed by atoms with Crippen molar-refractivity contribution in [1.29, 1.82) is 0 Å². The molecule has 0 bridgehead atoms. The summed E-state index contributed by atoms with van der Waals surface area (Å²) in [5, 5.41) is 15.7. The zero-order valence-corrected chi connectivity index (χ0v) is 12.0. The third-order valence-corrected chi connectivity index (χ3v) is 2.95. The van der Waals surface area contributed by atoms with Gasteiger partial charge in [0.25, 0.3) is 5.91 Å². The van der Waals surface area contributed by atoms with E-state index < -0.39 is 5.97 Å². The van der Waals surface area contributed by atoms with Crippen LogP contribution in [0.5, 0.6) is 0 Å². The predicted octanol–water partition coefficient (Wildman–Crippen LogP) is 1.45. The molecule has 21 heavy (non-hydrogen) atoms. The molecule has 0 aromatic carbocycles. The van der Waals surface area contributed by atoms with E-state index in [0.717, 1.165) is 0 Å². The van der Waals surface area contributed by atoms with E-state index in [-0.39, 0.29) is 23.1 Å². The summed E-state index contributed by atoms with van der Waals surface area (Å²) >= 11 is 0. The second-order valence-corrected chi connectivity index (χ2v) is 4.82. The van der Waals surface area contributed by atoms with Crippen LogP contribution in [0.2, 0.25) is 0 Å². The number of nitrogens with one attached hydrogen (secondary N) is 1. The number of rotatable bonds is 4. The molecule has 0 radical (unpaired) electrons. The summed E-state index contributed by atoms with van der Waals surface area (Å²) in [4.78, 5) is 27.1. The molecule has 0 unspecified atom stereocenters. The number of aromatic carboxylic acids is 1. The van der Waals surface area contributed by atoms with Crippen molar-refractivity contribution in [3.63, 3.8) is 0 Å². The number of carboxylic acid groups (broad SMARTS) is 1. The van der Waals surface area contributed by atoms with E-state index >= 15 is 0 Å². The van der Waals surface area contributed by atoms with Crippen LogP contribution in [-0.4, -0.2) is 38.8 Å². The van der Waals surface area contributed by atoms with Crippen molar-refractivity contribution in [3.8, 4) is 5.82 Å². The fraction of sp³-hybridized carbons (Fsp3) is 0.286. The summed E-state index contributed by atoms with van der Waals surface area (Å²) in [5.41, 5.74) is 1.04. The predicted molar refractivity (Wildman–Crippen MR) is 75.8 cm³/mol. The standard InChI is InChI=1S/C14H16N4O3/c1-8(2)11-6-9(14(20)21)7-12(16-11)18-5-4-10(17-18)13(19)15-3/h4-8H,1-3H3,(H,15,19)(H,20,21). The van der Waals surface area contributed by atoms with Crippen molar-refractivity contribution in [2.24, 2.45) is 0 Å². The molecule has 2 N–H and O–H groups in total. The second kappa shape index (κ2) is 5.74. The summed E-state index contributed by atoms with van der Waals surface area (Å²) in [6, 6.07) is 4.51. The number of carbonyl (C=O) groups is 2. The van der Waals surface area contributed by atoms with Crippen molar-refractivity contribution in [2.45, 2.75) is 19.8 Å². The van der Waals surface area contributed by atoms with Gasteiger partial charge in [-0.25, -0.2) is 14.5 Å². The lowest BCUT2D eigenvalue weighted by Gasteiger charge is -2.09. The monoisotopic (exact) mass is 288 g/mol. The van der Waals surface area contributed by atoms with E-state index in [1.165, 1.54) is 17.8 Å². The number of carbonyl (C=O) groups excluding carboxylic acids is 1. The molecule has 2 aromatic rings. The molecule has 0 saturated heterocycles. The van der Waals surface area contributed by atoms with E-state index in [2.05, 4.69) is 15.4 Å². The van der Waals surface area contributed by atoms with Crippen molar-refractivity contribution in [3.05, 3.63) is 41.3 Å². The maximum absolute atomic E-state index is 11.5. The van der Waals surface area contributed by atoms with E-state index in [4.69, 9.17) is 0 Å². The SMILES string of the molecule is CNC(=O)c1ccn(-c2cc(C(=O)O)cc(C(C)C)n2)n1. The van der Waals surface area contributed by atoms with Gasteiger partial charge in [-0.2, -0.15) is 5.10 Å². The van der Waals surface area contributed by atoms with Gasteiger partial charge in [-0.15, -0.1) is 0 Å². The fourth-order valence-electron chi connectivity index (χ4n) is 1.77. The van der Waals surface area contributed by atoms with Crippen LogP contribution < -0.4 is 5.32 Å². The lowest BCUT2D eigenvalue weighted by atomic mass is 10.1. The summed E-state index contributed by atoms with van der Waals surface area (Å²) in [6.45, 7) is 3.85. The summed E-state index contributed by atoms with van der Waals surface area (Å²) in [6.07, 6.45) is 1.57. The highest BCUT2D eigenvalue weighted by molar-refractivity contribution is 5.92. The van der Waals surface area contributed by atoms with Gasteiger partial charge in [0.2, 0.25) is 0 Å². The Balaban J connectivity index is 2.49. The van der Waals surface area contributed by atoms with Gasteiger partial charge in [0.05, 0.1) is 5.56 Å². The van der Waals surface area contributed by atoms with Gasteiger partial charge < -0.3 is 10.4 Å². The molecule has 2 heterocycles. The van der Waals surface area contributed by atoms with Gasteiger partial charge in [-0.1, -0.05) is 13.8 Å². The van der Waals surface area contributed by atoms with Gasteiger partial charge in [0.1, 0.15) is 0 Å². The minimum Gasteiger partial charge on any atom is -0.478 e. The Morgan fingerprint density at radius 2 is 2.05 bits per heavy atom. The number of carboxylic acids is 1. The van der Waals surface area contributed by atoms with Crippen LogP contribution in [0.25, 0.3) is 5.82 Å². The first-order valence-corrected chi connectivity index (χ1v) is 6.45. The fourth-order valence-corrected chi connectivity index (χ4v) is 1.77. The van der Waals surface area contributed by atoms with Crippen LogP contribution in [0.4, 0.5) is 0 Å². The van der Waals surface area contributed by atoms with Gasteiger partial charge in [0.15, 0.2) is 11.5 Å². The molecule has 0 fully saturated rings. The molecular weight excluding hydrogens is 272 g/mol. The van der Waals surface area contributed by atoms with Crippen molar-refractivity contribution >= 4 is 11.9 Å². The van der Waals surface area contributed by atoms with E-state index in [9.17, 15) is 14.7 Å². The van der Waals surface area contributed by atoms with Crippen molar-refractivity contribution in [1.82, 2.24) is 20.1 Å². The Labute approximate surface area is 121 Å². The number of pyridine rings is 1. The Kier molecular flexibility index (Phi) is 4.02. The minimum atomic E-state index is -1.03. The van der Waals surface area contributed by atoms with Crippen LogP contribution >= 0.6 is 0 Å². The molecule has 0 saturated carbocycles. The quantitative estimate of drug-likeness (QED) is 0.887. The van der Waals surface area contributed by atoms with Crippen LogP contribution in [0, 0.1) is 0 Å². The maximum atomic E-state index is 11.5. The highest BCUT2D eigenvalue weighted by atomic mass is 16.4. The molecular formula is C14H16N4O3. The number of aromatic nitrogens is 3. The second-order valence-electron chi connectivity index (χ2n) is 4.82. The minimum absolute atomic E-state index is 0.0806. The summed E-state index contributed by atoms with van der Waals surface area (Å²) in [7, 11) is 1.52. The highest BCUT2D eigenvalue weighted by Crippen LogP contribution is 2.17. The smallest absolute Gasteiger partial charge is 0.335 e. The summed E-state index contributed by atoms with van der Waals surface area (Å²) in [5.74, 6) is -0.891. The highest BCUT2D eigenvalue weighted by Gasteiger charge is 2.14. The topological polar surface area (TPSA) is 97.1 Å². The van der Waals surface area contributed by atoms with Crippen LogP contribution in [-0.2, 0) is 0 Å². The van der Waals surface area contributed by atoms with Crippen LogP contribution in [0.15, 0.2) is 24.4 Å². The first-order chi connectivity index (χ1) is 9.92. The molecule has 0 aliphatic carbocycles. The summed E-state index contributed by atoms with van der Waals surface area (Å²) < 4.78 is 1.39. The van der Waals surface area contributed by atoms with Crippen molar-refractivity contribution in [2.75, 3.05) is 7.05 Å². The van der Waals surface area contributed by atoms with Crippen molar-refractivity contribution < 1.29 is 14.7 Å². The molecule has 2 aromatic heterocycles. The molecule has 0 aliphatic rings.